The number of aliphatic hydroxyl groups is 1. The first-order valence-electron chi connectivity index (χ1n) is 7.49. The third-order valence-electron chi connectivity index (χ3n) is 3.25. The third kappa shape index (κ3) is 6.27. The summed E-state index contributed by atoms with van der Waals surface area (Å²) in [6, 6.07) is 7.25. The van der Waals surface area contributed by atoms with Crippen molar-refractivity contribution in [3.05, 3.63) is 35.4 Å². The third-order valence-corrected chi connectivity index (χ3v) is 3.25. The van der Waals surface area contributed by atoms with E-state index in [1.807, 2.05) is 45.0 Å². The molecule has 1 aromatic rings. The molecular weight excluding hydrogens is 266 g/mol. The molecule has 4 heteroatoms. The summed E-state index contributed by atoms with van der Waals surface area (Å²) in [6.07, 6.45) is 1.13. The van der Waals surface area contributed by atoms with Crippen molar-refractivity contribution >= 4 is 5.97 Å². The van der Waals surface area contributed by atoms with E-state index in [1.165, 1.54) is 5.56 Å². The molecule has 0 aliphatic carbocycles. The summed E-state index contributed by atoms with van der Waals surface area (Å²) < 4.78 is 0. The predicted molar refractivity (Wildman–Crippen MR) is 84.3 cm³/mol. The van der Waals surface area contributed by atoms with E-state index in [1.54, 1.807) is 0 Å². The van der Waals surface area contributed by atoms with Gasteiger partial charge < -0.3 is 15.5 Å². The van der Waals surface area contributed by atoms with Crippen LogP contribution in [0.2, 0.25) is 0 Å². The van der Waals surface area contributed by atoms with Crippen LogP contribution in [-0.4, -0.2) is 27.8 Å². The highest BCUT2D eigenvalue weighted by atomic mass is 16.4. The second-order valence-electron chi connectivity index (χ2n) is 6.54. The largest absolute Gasteiger partial charge is 0.481 e. The molecule has 1 aromatic carbocycles. The average Bonchev–Trinajstić information content (AvgIpc) is 2.36. The maximum atomic E-state index is 11.0. The highest BCUT2D eigenvalue weighted by molar-refractivity contribution is 5.67. The Hall–Kier alpha value is -1.39. The summed E-state index contributed by atoms with van der Waals surface area (Å²) in [5, 5.41) is 22.7. The van der Waals surface area contributed by atoms with Crippen LogP contribution >= 0.6 is 0 Å². The number of aryl methyl sites for hydroxylation is 1. The van der Waals surface area contributed by atoms with E-state index in [-0.39, 0.29) is 12.0 Å². The van der Waals surface area contributed by atoms with Crippen molar-refractivity contribution < 1.29 is 15.0 Å². The monoisotopic (exact) mass is 293 g/mol. The van der Waals surface area contributed by atoms with E-state index in [9.17, 15) is 9.90 Å². The molecule has 0 fully saturated rings. The standard InChI is InChI=1S/C17H27NO3/c1-5-6-12-7-9-13(10-8-12)16(21)14(11-15(19)20)18-17(2,3)4/h7-10,14,16,18,21H,5-6,11H2,1-4H3,(H,19,20). The number of rotatable bonds is 7. The minimum Gasteiger partial charge on any atom is -0.481 e. The number of carboxylic acid groups (broad SMARTS) is 1. The van der Waals surface area contributed by atoms with Gasteiger partial charge in [-0.2, -0.15) is 0 Å². The van der Waals surface area contributed by atoms with Crippen molar-refractivity contribution in [1.82, 2.24) is 5.32 Å². The molecule has 21 heavy (non-hydrogen) atoms. The first-order valence-corrected chi connectivity index (χ1v) is 7.49. The maximum Gasteiger partial charge on any atom is 0.305 e. The van der Waals surface area contributed by atoms with Gasteiger partial charge in [0.2, 0.25) is 0 Å². The number of nitrogens with one attached hydrogen (secondary N) is 1. The van der Waals surface area contributed by atoms with Crippen LogP contribution in [0.25, 0.3) is 0 Å². The molecule has 1 rings (SSSR count). The van der Waals surface area contributed by atoms with Crippen molar-refractivity contribution in [3.63, 3.8) is 0 Å². The average molecular weight is 293 g/mol. The van der Waals surface area contributed by atoms with Gasteiger partial charge in [0.05, 0.1) is 12.5 Å². The first kappa shape index (κ1) is 17.7. The molecule has 2 atom stereocenters. The summed E-state index contributed by atoms with van der Waals surface area (Å²) in [6.45, 7) is 8.00. The maximum absolute atomic E-state index is 11.0. The highest BCUT2D eigenvalue weighted by Gasteiger charge is 2.27. The Kier molecular flexibility index (Phi) is 6.37. The number of carbonyl (C=O) groups is 1. The minimum absolute atomic E-state index is 0.116. The molecule has 0 saturated carbocycles. The van der Waals surface area contributed by atoms with Gasteiger partial charge in [-0.05, 0) is 38.3 Å². The van der Waals surface area contributed by atoms with E-state index in [0.717, 1.165) is 18.4 Å². The van der Waals surface area contributed by atoms with Crippen LogP contribution in [0.1, 0.15) is 57.8 Å². The van der Waals surface area contributed by atoms with Gasteiger partial charge in [-0.25, -0.2) is 0 Å². The molecule has 118 valence electrons. The molecule has 0 aromatic heterocycles. The first-order chi connectivity index (χ1) is 9.73. The van der Waals surface area contributed by atoms with Gasteiger partial charge in [0.15, 0.2) is 0 Å². The molecule has 0 radical (unpaired) electrons. The number of aliphatic hydroxyl groups excluding tert-OH is 1. The van der Waals surface area contributed by atoms with E-state index in [0.29, 0.717) is 0 Å². The Labute approximate surface area is 127 Å². The van der Waals surface area contributed by atoms with Gasteiger partial charge in [-0.1, -0.05) is 37.6 Å². The van der Waals surface area contributed by atoms with E-state index in [2.05, 4.69) is 12.2 Å². The number of carboxylic acids is 1. The van der Waals surface area contributed by atoms with Crippen molar-refractivity contribution in [2.75, 3.05) is 0 Å². The lowest BCUT2D eigenvalue weighted by Gasteiger charge is -2.31. The van der Waals surface area contributed by atoms with E-state index >= 15 is 0 Å². The molecule has 0 amide bonds. The fourth-order valence-corrected chi connectivity index (χ4v) is 2.39. The SMILES string of the molecule is CCCc1ccc(C(O)C(CC(=O)O)NC(C)(C)C)cc1. The Morgan fingerprint density at radius 3 is 2.24 bits per heavy atom. The molecular formula is C17H27NO3. The molecule has 0 aliphatic heterocycles. The number of hydrogen-bond donors (Lipinski definition) is 3. The number of aliphatic carboxylic acids is 1. The molecule has 0 bridgehead atoms. The van der Waals surface area contributed by atoms with Gasteiger partial charge in [0.25, 0.3) is 0 Å². The lowest BCUT2D eigenvalue weighted by molar-refractivity contribution is -0.138. The Morgan fingerprint density at radius 1 is 1.24 bits per heavy atom. The minimum atomic E-state index is -0.918. The summed E-state index contributed by atoms with van der Waals surface area (Å²) in [7, 11) is 0. The van der Waals surface area contributed by atoms with Crippen molar-refractivity contribution in [3.8, 4) is 0 Å². The quantitative estimate of drug-likeness (QED) is 0.723. The highest BCUT2D eigenvalue weighted by Crippen LogP contribution is 2.22. The Morgan fingerprint density at radius 2 is 1.81 bits per heavy atom. The molecule has 2 unspecified atom stereocenters. The molecule has 0 aliphatic rings. The smallest absolute Gasteiger partial charge is 0.305 e. The Bertz CT molecular complexity index is 448. The van der Waals surface area contributed by atoms with Crippen LogP contribution in [0.3, 0.4) is 0 Å². The zero-order chi connectivity index (χ0) is 16.0. The number of benzene rings is 1. The fourth-order valence-electron chi connectivity index (χ4n) is 2.39. The summed E-state index contributed by atoms with van der Waals surface area (Å²) in [5.74, 6) is -0.918. The van der Waals surface area contributed by atoms with Crippen LogP contribution in [0.5, 0.6) is 0 Å². The van der Waals surface area contributed by atoms with Gasteiger partial charge in [-0.3, -0.25) is 4.79 Å². The van der Waals surface area contributed by atoms with Crippen LogP contribution < -0.4 is 5.32 Å². The van der Waals surface area contributed by atoms with Crippen LogP contribution in [0.4, 0.5) is 0 Å². The van der Waals surface area contributed by atoms with Gasteiger partial charge in [0, 0.05) is 11.6 Å². The van der Waals surface area contributed by atoms with Gasteiger partial charge >= 0.3 is 5.97 Å². The van der Waals surface area contributed by atoms with Crippen LogP contribution in [-0.2, 0) is 11.2 Å². The molecule has 0 spiro atoms. The molecule has 3 N–H and O–H groups in total. The van der Waals surface area contributed by atoms with Crippen LogP contribution in [0, 0.1) is 0 Å². The lowest BCUT2D eigenvalue weighted by atomic mass is 9.95. The second-order valence-corrected chi connectivity index (χ2v) is 6.54. The van der Waals surface area contributed by atoms with E-state index < -0.39 is 18.1 Å². The van der Waals surface area contributed by atoms with Gasteiger partial charge in [0.1, 0.15) is 0 Å². The lowest BCUT2D eigenvalue weighted by Crippen LogP contribution is -2.47. The van der Waals surface area contributed by atoms with Crippen molar-refractivity contribution in [2.24, 2.45) is 0 Å². The van der Waals surface area contributed by atoms with Crippen molar-refractivity contribution in [1.29, 1.82) is 0 Å². The summed E-state index contributed by atoms with van der Waals surface area (Å²) in [4.78, 5) is 11.0. The van der Waals surface area contributed by atoms with Crippen LogP contribution in [0.15, 0.2) is 24.3 Å². The summed E-state index contributed by atoms with van der Waals surface area (Å²) >= 11 is 0. The molecule has 0 heterocycles. The topological polar surface area (TPSA) is 69.6 Å². The predicted octanol–water partition coefficient (Wildman–Crippen LogP) is 2.90. The second kappa shape index (κ2) is 7.57. The molecule has 0 saturated heterocycles. The van der Waals surface area contributed by atoms with Crippen molar-refractivity contribution in [2.45, 2.75) is 64.6 Å². The summed E-state index contributed by atoms with van der Waals surface area (Å²) in [5.41, 5.74) is 1.72. The number of hydrogen-bond acceptors (Lipinski definition) is 3. The fraction of sp³-hybridized carbons (Fsp3) is 0.588. The van der Waals surface area contributed by atoms with E-state index in [4.69, 9.17) is 5.11 Å². The van der Waals surface area contributed by atoms with Gasteiger partial charge in [-0.15, -0.1) is 0 Å². The zero-order valence-corrected chi connectivity index (χ0v) is 13.4. The molecule has 4 nitrogen and oxygen atoms in total. The zero-order valence-electron chi connectivity index (χ0n) is 13.4. The Balaban J connectivity index is 2.87. The normalized spacial score (nSPS) is 14.7.